The van der Waals surface area contributed by atoms with Crippen molar-refractivity contribution < 1.29 is 4.79 Å². The van der Waals surface area contributed by atoms with Gasteiger partial charge in [-0.05, 0) is 12.8 Å². The highest BCUT2D eigenvalue weighted by Crippen LogP contribution is 2.37. The Bertz CT molecular complexity index is 272. The number of amides is 1. The smallest absolute Gasteiger partial charge is 0.228 e. The Labute approximate surface area is 103 Å². The SMILES string of the molecule is CN(CCC(N)=S)C(=O)C1(C)CCCCC1. The van der Waals surface area contributed by atoms with Crippen LogP contribution in [0.1, 0.15) is 45.4 Å². The topological polar surface area (TPSA) is 46.3 Å². The zero-order valence-electron chi connectivity index (χ0n) is 10.3. The normalized spacial score (nSPS) is 19.1. The van der Waals surface area contributed by atoms with Gasteiger partial charge in [-0.1, -0.05) is 38.4 Å². The van der Waals surface area contributed by atoms with E-state index >= 15 is 0 Å². The van der Waals surface area contributed by atoms with E-state index in [2.05, 4.69) is 6.92 Å². The lowest BCUT2D eigenvalue weighted by Crippen LogP contribution is -2.42. The monoisotopic (exact) mass is 242 g/mol. The number of nitrogens with two attached hydrogens (primary N) is 1. The molecule has 0 heterocycles. The van der Waals surface area contributed by atoms with Gasteiger partial charge in [0.25, 0.3) is 0 Å². The van der Waals surface area contributed by atoms with E-state index in [0.717, 1.165) is 12.8 Å². The summed E-state index contributed by atoms with van der Waals surface area (Å²) >= 11 is 4.82. The Morgan fingerprint density at radius 2 is 1.94 bits per heavy atom. The zero-order chi connectivity index (χ0) is 12.2. The predicted molar refractivity (Wildman–Crippen MR) is 70.2 cm³/mol. The van der Waals surface area contributed by atoms with Gasteiger partial charge in [0.15, 0.2) is 0 Å². The van der Waals surface area contributed by atoms with Gasteiger partial charge in [-0.25, -0.2) is 0 Å². The number of rotatable bonds is 4. The van der Waals surface area contributed by atoms with Crippen molar-refractivity contribution in [2.24, 2.45) is 11.1 Å². The molecular weight excluding hydrogens is 220 g/mol. The third-order valence-corrected chi connectivity index (χ3v) is 3.72. The lowest BCUT2D eigenvalue weighted by molar-refractivity contribution is -0.141. The van der Waals surface area contributed by atoms with Crippen molar-refractivity contribution in [2.45, 2.75) is 45.4 Å². The van der Waals surface area contributed by atoms with Crippen molar-refractivity contribution >= 4 is 23.1 Å². The highest BCUT2D eigenvalue weighted by molar-refractivity contribution is 7.80. The van der Waals surface area contributed by atoms with Crippen LogP contribution >= 0.6 is 12.2 Å². The molecule has 1 rings (SSSR count). The fourth-order valence-electron chi connectivity index (χ4n) is 2.39. The van der Waals surface area contributed by atoms with Gasteiger partial charge >= 0.3 is 0 Å². The summed E-state index contributed by atoms with van der Waals surface area (Å²) in [6.07, 6.45) is 6.26. The molecule has 0 unspecified atom stereocenters. The van der Waals surface area contributed by atoms with Gasteiger partial charge in [-0.15, -0.1) is 0 Å². The molecule has 0 aliphatic heterocycles. The van der Waals surface area contributed by atoms with E-state index in [4.69, 9.17) is 18.0 Å². The number of thiocarbonyl (C=S) groups is 1. The maximum atomic E-state index is 12.3. The largest absolute Gasteiger partial charge is 0.393 e. The Morgan fingerprint density at radius 3 is 2.44 bits per heavy atom. The molecule has 0 aromatic heterocycles. The lowest BCUT2D eigenvalue weighted by Gasteiger charge is -2.35. The van der Waals surface area contributed by atoms with Crippen molar-refractivity contribution in [1.29, 1.82) is 0 Å². The van der Waals surface area contributed by atoms with Crippen LogP contribution in [0.15, 0.2) is 0 Å². The van der Waals surface area contributed by atoms with Gasteiger partial charge in [-0.2, -0.15) is 0 Å². The highest BCUT2D eigenvalue weighted by Gasteiger charge is 2.36. The van der Waals surface area contributed by atoms with Gasteiger partial charge in [0.2, 0.25) is 5.91 Å². The average Bonchev–Trinajstić information content (AvgIpc) is 2.25. The van der Waals surface area contributed by atoms with Crippen molar-refractivity contribution in [3.63, 3.8) is 0 Å². The maximum Gasteiger partial charge on any atom is 0.228 e. The fourth-order valence-corrected chi connectivity index (χ4v) is 2.48. The Balaban J connectivity index is 2.51. The minimum atomic E-state index is -0.150. The molecule has 4 heteroatoms. The molecule has 16 heavy (non-hydrogen) atoms. The summed E-state index contributed by atoms with van der Waals surface area (Å²) in [5.74, 6) is 0.253. The van der Waals surface area contributed by atoms with Crippen LogP contribution in [0.25, 0.3) is 0 Å². The molecular formula is C12H22N2OS. The second kappa shape index (κ2) is 5.62. The van der Waals surface area contributed by atoms with Crippen molar-refractivity contribution in [3.8, 4) is 0 Å². The average molecular weight is 242 g/mol. The molecule has 1 fully saturated rings. The third-order valence-electron chi connectivity index (χ3n) is 3.51. The molecule has 1 aliphatic carbocycles. The van der Waals surface area contributed by atoms with E-state index in [9.17, 15) is 4.79 Å². The van der Waals surface area contributed by atoms with Crippen molar-refractivity contribution in [2.75, 3.05) is 13.6 Å². The highest BCUT2D eigenvalue weighted by atomic mass is 32.1. The van der Waals surface area contributed by atoms with Crippen molar-refractivity contribution in [3.05, 3.63) is 0 Å². The van der Waals surface area contributed by atoms with Gasteiger partial charge < -0.3 is 10.6 Å². The summed E-state index contributed by atoms with van der Waals surface area (Å²) in [6, 6.07) is 0. The van der Waals surface area contributed by atoms with E-state index in [1.54, 1.807) is 4.90 Å². The number of nitrogens with zero attached hydrogens (tertiary/aromatic N) is 1. The van der Waals surface area contributed by atoms with E-state index in [1.165, 1.54) is 19.3 Å². The first-order valence-corrected chi connectivity index (χ1v) is 6.40. The van der Waals surface area contributed by atoms with Gasteiger partial charge in [-0.3, -0.25) is 4.79 Å². The minimum absolute atomic E-state index is 0.150. The fraction of sp³-hybridized carbons (Fsp3) is 0.833. The molecule has 1 saturated carbocycles. The van der Waals surface area contributed by atoms with Crippen LogP contribution in [0.3, 0.4) is 0 Å². The summed E-state index contributed by atoms with van der Waals surface area (Å²) in [4.78, 5) is 14.5. The van der Waals surface area contributed by atoms with Gasteiger partial charge in [0.1, 0.15) is 0 Å². The summed E-state index contributed by atoms with van der Waals surface area (Å²) < 4.78 is 0. The van der Waals surface area contributed by atoms with Crippen LogP contribution in [0.4, 0.5) is 0 Å². The number of hydrogen-bond donors (Lipinski definition) is 1. The molecule has 92 valence electrons. The second-order valence-corrected chi connectivity index (χ2v) is 5.59. The quantitative estimate of drug-likeness (QED) is 0.768. The van der Waals surface area contributed by atoms with Crippen molar-refractivity contribution in [1.82, 2.24) is 4.90 Å². The first-order chi connectivity index (χ1) is 7.46. The summed E-state index contributed by atoms with van der Waals surface area (Å²) in [6.45, 7) is 2.73. The number of hydrogen-bond acceptors (Lipinski definition) is 2. The van der Waals surface area contributed by atoms with Crippen LogP contribution in [0.5, 0.6) is 0 Å². The third kappa shape index (κ3) is 3.44. The molecule has 1 aliphatic rings. The van der Waals surface area contributed by atoms with E-state index < -0.39 is 0 Å². The molecule has 3 nitrogen and oxygen atoms in total. The Kier molecular flexibility index (Phi) is 4.71. The molecule has 0 atom stereocenters. The molecule has 0 radical (unpaired) electrons. The van der Waals surface area contributed by atoms with Gasteiger partial charge in [0.05, 0.1) is 4.99 Å². The minimum Gasteiger partial charge on any atom is -0.393 e. The van der Waals surface area contributed by atoms with E-state index in [1.807, 2.05) is 7.05 Å². The lowest BCUT2D eigenvalue weighted by atomic mass is 9.75. The molecule has 2 N–H and O–H groups in total. The van der Waals surface area contributed by atoms with Crippen LogP contribution in [0, 0.1) is 5.41 Å². The Hall–Kier alpha value is -0.640. The standard InChI is InChI=1S/C12H22N2OS/c1-12(7-4-3-5-8-12)11(15)14(2)9-6-10(13)16/h3-9H2,1-2H3,(H2,13,16). The molecule has 0 spiro atoms. The number of carbonyl (C=O) groups excluding carboxylic acids is 1. The molecule has 0 bridgehead atoms. The summed E-state index contributed by atoms with van der Waals surface area (Å²) in [5, 5.41) is 0. The molecule has 0 aromatic rings. The maximum absolute atomic E-state index is 12.3. The van der Waals surface area contributed by atoms with Crippen LogP contribution < -0.4 is 5.73 Å². The van der Waals surface area contributed by atoms with Crippen LogP contribution in [-0.2, 0) is 4.79 Å². The molecule has 1 amide bonds. The predicted octanol–water partition coefficient (Wildman–Crippen LogP) is 2.09. The number of carbonyl (C=O) groups is 1. The van der Waals surface area contributed by atoms with E-state index in [-0.39, 0.29) is 11.3 Å². The zero-order valence-corrected chi connectivity index (χ0v) is 11.1. The second-order valence-electron chi connectivity index (χ2n) is 5.06. The first kappa shape index (κ1) is 13.4. The first-order valence-electron chi connectivity index (χ1n) is 5.99. The Morgan fingerprint density at radius 1 is 1.38 bits per heavy atom. The van der Waals surface area contributed by atoms with Gasteiger partial charge in [0, 0.05) is 25.4 Å². The van der Waals surface area contributed by atoms with E-state index in [0.29, 0.717) is 18.0 Å². The summed E-state index contributed by atoms with van der Waals surface area (Å²) in [5.41, 5.74) is 5.30. The van der Waals surface area contributed by atoms with Crippen LogP contribution in [-0.4, -0.2) is 29.4 Å². The summed E-state index contributed by atoms with van der Waals surface area (Å²) in [7, 11) is 1.85. The molecule has 0 aromatic carbocycles. The molecule has 0 saturated heterocycles. The van der Waals surface area contributed by atoms with Crippen LogP contribution in [0.2, 0.25) is 0 Å².